The fourth-order valence-electron chi connectivity index (χ4n) is 1.47. The van der Waals surface area contributed by atoms with Crippen molar-refractivity contribution in [3.8, 4) is 0 Å². The van der Waals surface area contributed by atoms with E-state index in [1.807, 2.05) is 24.3 Å². The summed E-state index contributed by atoms with van der Waals surface area (Å²) in [6.45, 7) is 6.34. The molecule has 0 saturated carbocycles. The zero-order valence-corrected chi connectivity index (χ0v) is 11.5. The number of hydrogen-bond donors (Lipinski definition) is 2. The van der Waals surface area contributed by atoms with Crippen LogP contribution in [0.1, 0.15) is 13.8 Å². The van der Waals surface area contributed by atoms with Crippen molar-refractivity contribution in [1.82, 2.24) is 4.90 Å². The summed E-state index contributed by atoms with van der Waals surface area (Å²) in [5.74, 6) is 0. The van der Waals surface area contributed by atoms with E-state index < -0.39 is 13.6 Å². The van der Waals surface area contributed by atoms with Crippen LogP contribution in [-0.2, 0) is 21.2 Å². The van der Waals surface area contributed by atoms with Gasteiger partial charge in [0.05, 0.1) is 0 Å². The Labute approximate surface area is 108 Å². The topological polar surface area (TPSA) is 114 Å². The summed E-state index contributed by atoms with van der Waals surface area (Å²) < 4.78 is 31.9. The molecule has 0 fully saturated rings. The van der Waals surface area contributed by atoms with Gasteiger partial charge in [-0.3, -0.25) is 4.90 Å². The predicted molar refractivity (Wildman–Crippen MR) is 59.4 cm³/mol. The molecular weight excluding hydrogens is 278 g/mol. The Morgan fingerprint density at radius 2 is 1.67 bits per heavy atom. The van der Waals surface area contributed by atoms with Gasteiger partial charge in [-0.25, -0.2) is 0 Å². The van der Waals surface area contributed by atoms with E-state index in [9.17, 15) is 0 Å². The Morgan fingerprint density at radius 3 is 1.94 bits per heavy atom. The molecule has 102 valence electrons. The maximum absolute atomic E-state index is 8.82. The second kappa shape index (κ2) is 8.06. The summed E-state index contributed by atoms with van der Waals surface area (Å²) in [6, 6.07) is 0.348. The minimum atomic E-state index is -5.25. The quantitative estimate of drug-likeness (QED) is 0.567. The third-order valence-electron chi connectivity index (χ3n) is 2.28. The van der Waals surface area contributed by atoms with E-state index >= 15 is 0 Å². The number of hydrogen-bond acceptors (Lipinski definition) is 3. The van der Waals surface area contributed by atoms with Gasteiger partial charge in [0.25, 0.3) is 0 Å². The van der Waals surface area contributed by atoms with Crippen molar-refractivity contribution in [2.24, 2.45) is 0 Å². The average molecular weight is 295 g/mol. The molecule has 0 amide bonds. The van der Waals surface area contributed by atoms with Crippen LogP contribution >= 0.6 is 0 Å². The number of likely N-dealkylation sites (N-methyl/N-ethyl adjacent to an activating group) is 1. The molecule has 18 heavy (non-hydrogen) atoms. The minimum absolute atomic E-state index is 0.348. The standard InChI is InChI=1S/C10H15N3.Cr.2H2O.2O/c1-3-13(4-2)10-7-5-9(12-11)6-8-10;;;;;/h5-8,10H,3-4H2,1-2H3;;2*1H2;;/q;+2;;;;/p-2. The van der Waals surface area contributed by atoms with Crippen molar-refractivity contribution in [3.05, 3.63) is 29.8 Å². The molecule has 1 rings (SSSR count). The first kappa shape index (κ1) is 16.9. The Bertz CT molecular complexity index is 436. The van der Waals surface area contributed by atoms with E-state index in [1.165, 1.54) is 0 Å². The Kier molecular flexibility index (Phi) is 7.55. The second-order valence-corrected chi connectivity index (χ2v) is 4.80. The zero-order chi connectivity index (χ0) is 14.2. The first-order valence-corrected chi connectivity index (χ1v) is 7.52. The number of allylic oxidation sites excluding steroid dienone is 2. The third-order valence-corrected chi connectivity index (χ3v) is 2.28. The summed E-state index contributed by atoms with van der Waals surface area (Å²) in [5, 5.41) is 0. The van der Waals surface area contributed by atoms with Crippen molar-refractivity contribution in [3.63, 3.8) is 0 Å². The molecule has 7 nitrogen and oxygen atoms in total. The van der Waals surface area contributed by atoms with Gasteiger partial charge in [-0.1, -0.05) is 26.0 Å². The molecule has 0 radical (unpaired) electrons. The van der Waals surface area contributed by atoms with Crippen molar-refractivity contribution in [2.45, 2.75) is 19.9 Å². The van der Waals surface area contributed by atoms with E-state index in [4.69, 9.17) is 21.5 Å². The van der Waals surface area contributed by atoms with E-state index in [0.717, 1.165) is 13.1 Å². The van der Waals surface area contributed by atoms with Gasteiger partial charge in [0.15, 0.2) is 0 Å². The van der Waals surface area contributed by atoms with Gasteiger partial charge in [-0.15, -0.1) is 0 Å². The fraction of sp³-hybridized carbons (Fsp3) is 0.500. The molecule has 2 N–H and O–H groups in total. The predicted octanol–water partition coefficient (Wildman–Crippen LogP) is 0.140. The molecule has 1 aliphatic rings. The van der Waals surface area contributed by atoms with Crippen LogP contribution in [0.2, 0.25) is 0 Å². The summed E-state index contributed by atoms with van der Waals surface area (Å²) in [7, 11) is 0. The molecule has 0 unspecified atom stereocenters. The molecule has 0 saturated heterocycles. The molecule has 0 aromatic rings. The van der Waals surface area contributed by atoms with Crippen molar-refractivity contribution in [2.75, 3.05) is 13.1 Å². The maximum atomic E-state index is 8.82. The average Bonchev–Trinajstić information content (AvgIpc) is 2.29. The Balaban J connectivity index is 0.000000494. The third kappa shape index (κ3) is 8.04. The van der Waals surface area contributed by atoms with Gasteiger partial charge in [-0.2, -0.15) is 4.79 Å². The van der Waals surface area contributed by atoms with E-state index in [0.29, 0.717) is 11.8 Å². The molecular formula is C10H17CrN3O4. The molecule has 0 aromatic carbocycles. The van der Waals surface area contributed by atoms with Crippen molar-refractivity contribution >= 4 is 5.71 Å². The molecule has 0 atom stereocenters. The monoisotopic (exact) mass is 295 g/mol. The van der Waals surface area contributed by atoms with Crippen LogP contribution in [-0.4, -0.2) is 42.8 Å². The normalized spacial score (nSPS) is 18.3. The van der Waals surface area contributed by atoms with Crippen molar-refractivity contribution < 1.29 is 34.3 Å². The second-order valence-electron chi connectivity index (χ2n) is 3.40. The van der Waals surface area contributed by atoms with Crippen LogP contribution in [0.15, 0.2) is 24.3 Å². The first-order valence-electron chi connectivity index (χ1n) is 5.34. The molecule has 0 aliphatic heterocycles. The SMILES string of the molecule is CCN(CC)C1C=CC(=[N+]=[N-])C=C1.[O]=[Cr](=[O])([OH])[OH]. The van der Waals surface area contributed by atoms with Crippen LogP contribution in [0.4, 0.5) is 0 Å². The molecule has 0 aromatic heterocycles. The molecule has 8 heteroatoms. The number of rotatable bonds is 3. The summed E-state index contributed by atoms with van der Waals surface area (Å²) in [6.07, 6.45) is 7.76. The molecule has 0 spiro atoms. The summed E-state index contributed by atoms with van der Waals surface area (Å²) in [4.78, 5) is 5.44. The van der Waals surface area contributed by atoms with Gasteiger partial charge in [0.1, 0.15) is 0 Å². The van der Waals surface area contributed by atoms with Crippen LogP contribution in [0, 0.1) is 0 Å². The summed E-state index contributed by atoms with van der Waals surface area (Å²) in [5.41, 5.74) is 9.12. The van der Waals surface area contributed by atoms with Crippen LogP contribution < -0.4 is 0 Å². The van der Waals surface area contributed by atoms with Crippen LogP contribution in [0.3, 0.4) is 0 Å². The Hall–Kier alpha value is -1.13. The van der Waals surface area contributed by atoms with Gasteiger partial charge in [0.2, 0.25) is 0 Å². The molecule has 0 bridgehead atoms. The van der Waals surface area contributed by atoms with Gasteiger partial charge in [0, 0.05) is 18.2 Å². The zero-order valence-electron chi connectivity index (χ0n) is 10.3. The summed E-state index contributed by atoms with van der Waals surface area (Å²) >= 11 is -5.25. The van der Waals surface area contributed by atoms with Gasteiger partial charge >= 0.3 is 35.2 Å². The molecule has 0 heterocycles. The van der Waals surface area contributed by atoms with E-state index in [1.54, 1.807) is 0 Å². The van der Waals surface area contributed by atoms with Crippen LogP contribution in [0.25, 0.3) is 5.53 Å². The van der Waals surface area contributed by atoms with E-state index in [-0.39, 0.29) is 0 Å². The van der Waals surface area contributed by atoms with Crippen molar-refractivity contribution in [1.29, 1.82) is 0 Å². The first-order chi connectivity index (χ1) is 8.31. The Morgan fingerprint density at radius 1 is 1.28 bits per heavy atom. The fourth-order valence-corrected chi connectivity index (χ4v) is 1.47. The van der Waals surface area contributed by atoms with Crippen LogP contribution in [0.5, 0.6) is 0 Å². The molecule has 1 aliphatic carbocycles. The number of nitrogens with zero attached hydrogens (tertiary/aromatic N) is 3. The van der Waals surface area contributed by atoms with Gasteiger partial charge < -0.3 is 5.53 Å². The van der Waals surface area contributed by atoms with E-state index in [2.05, 4.69) is 23.5 Å². The van der Waals surface area contributed by atoms with Gasteiger partial charge in [-0.05, 0) is 13.1 Å².